The largest absolute Gasteiger partial charge is 0.416 e. The van der Waals surface area contributed by atoms with Crippen molar-refractivity contribution < 1.29 is 18.0 Å². The average Bonchev–Trinajstić information content (AvgIpc) is 2.88. The number of hydrogen-bond donors (Lipinski definition) is 0. The van der Waals surface area contributed by atoms with Gasteiger partial charge in [0.25, 0.3) is 0 Å². The van der Waals surface area contributed by atoms with Crippen LogP contribution in [0.3, 0.4) is 0 Å². The van der Waals surface area contributed by atoms with Crippen molar-refractivity contribution in [3.05, 3.63) is 63.6 Å². The van der Waals surface area contributed by atoms with Crippen molar-refractivity contribution in [2.45, 2.75) is 11.6 Å². The number of thioether (sulfide) groups is 1. The number of alkyl halides is 3. The average molecular weight is 392 g/mol. The quantitative estimate of drug-likeness (QED) is 0.645. The number of benzene rings is 2. The third-order valence-corrected chi connectivity index (χ3v) is 5.30. The van der Waals surface area contributed by atoms with Gasteiger partial charge in [0.05, 0.1) is 11.3 Å². The first-order valence-corrected chi connectivity index (χ1v) is 8.64. The fraction of sp³-hybridized carbons (Fsp3) is 0.188. The summed E-state index contributed by atoms with van der Waals surface area (Å²) in [5.41, 5.74) is 0.0239. The Morgan fingerprint density at radius 2 is 1.88 bits per heavy atom. The van der Waals surface area contributed by atoms with E-state index in [4.69, 9.17) is 23.2 Å². The van der Waals surface area contributed by atoms with Crippen LogP contribution in [-0.2, 0) is 11.0 Å². The van der Waals surface area contributed by atoms with E-state index in [1.807, 2.05) is 0 Å². The molecule has 1 atom stereocenters. The van der Waals surface area contributed by atoms with Crippen molar-refractivity contribution >= 4 is 46.6 Å². The molecule has 0 spiro atoms. The molecule has 0 bridgehead atoms. The highest BCUT2D eigenvalue weighted by Crippen LogP contribution is 2.45. The molecule has 1 amide bonds. The maximum absolute atomic E-state index is 12.9. The molecule has 3 rings (SSSR count). The first kappa shape index (κ1) is 17.5. The van der Waals surface area contributed by atoms with E-state index in [0.717, 1.165) is 12.1 Å². The zero-order chi connectivity index (χ0) is 17.5. The molecule has 0 N–H and O–H groups in total. The Hall–Kier alpha value is -1.37. The lowest BCUT2D eigenvalue weighted by Gasteiger charge is -2.25. The van der Waals surface area contributed by atoms with Crippen LogP contribution in [0.5, 0.6) is 0 Å². The van der Waals surface area contributed by atoms with Gasteiger partial charge in [-0.2, -0.15) is 13.2 Å². The van der Waals surface area contributed by atoms with E-state index < -0.39 is 17.1 Å². The second-order valence-electron chi connectivity index (χ2n) is 5.14. The minimum Gasteiger partial charge on any atom is -0.295 e. The standard InChI is InChI=1S/C16H10Cl2F3NOS/c17-10-4-5-12(13(18)7-10)15-22(14(23)8-24-15)11-3-1-2-9(6-11)16(19,20)21/h1-7,15H,8H2/t15-/m1/s1. The lowest BCUT2D eigenvalue weighted by Crippen LogP contribution is -2.28. The van der Waals surface area contributed by atoms with Gasteiger partial charge >= 0.3 is 6.18 Å². The van der Waals surface area contributed by atoms with Gasteiger partial charge in [-0.1, -0.05) is 35.3 Å². The molecule has 1 heterocycles. The highest BCUT2D eigenvalue weighted by atomic mass is 35.5. The number of amides is 1. The van der Waals surface area contributed by atoms with Gasteiger partial charge in [-0.15, -0.1) is 11.8 Å². The summed E-state index contributed by atoms with van der Waals surface area (Å²) in [5, 5.41) is 0.320. The summed E-state index contributed by atoms with van der Waals surface area (Å²) in [4.78, 5) is 13.6. The molecule has 1 aliphatic heterocycles. The van der Waals surface area contributed by atoms with E-state index in [-0.39, 0.29) is 17.3 Å². The number of nitrogens with zero attached hydrogens (tertiary/aromatic N) is 1. The Kier molecular flexibility index (Phi) is 4.73. The van der Waals surface area contributed by atoms with Crippen LogP contribution in [-0.4, -0.2) is 11.7 Å². The van der Waals surface area contributed by atoms with E-state index in [0.29, 0.717) is 15.6 Å². The summed E-state index contributed by atoms with van der Waals surface area (Å²) < 4.78 is 38.8. The fourth-order valence-corrected chi connectivity index (χ4v) is 4.26. The van der Waals surface area contributed by atoms with Crippen molar-refractivity contribution in [1.29, 1.82) is 0 Å². The Bertz CT molecular complexity index is 797. The number of halogens is 5. The van der Waals surface area contributed by atoms with Gasteiger partial charge in [-0.25, -0.2) is 0 Å². The zero-order valence-corrected chi connectivity index (χ0v) is 14.3. The second-order valence-corrected chi connectivity index (χ2v) is 7.05. The van der Waals surface area contributed by atoms with E-state index >= 15 is 0 Å². The second kappa shape index (κ2) is 6.50. The molecular formula is C16H10Cl2F3NOS. The van der Waals surface area contributed by atoms with Crippen molar-refractivity contribution in [1.82, 2.24) is 0 Å². The van der Waals surface area contributed by atoms with Crippen LogP contribution in [0.25, 0.3) is 0 Å². The number of anilines is 1. The molecule has 0 saturated carbocycles. The van der Waals surface area contributed by atoms with Crippen molar-refractivity contribution in [2.75, 3.05) is 10.7 Å². The van der Waals surface area contributed by atoms with Gasteiger partial charge in [0.1, 0.15) is 5.37 Å². The molecule has 0 radical (unpaired) electrons. The van der Waals surface area contributed by atoms with Crippen molar-refractivity contribution in [3.8, 4) is 0 Å². The first-order chi connectivity index (χ1) is 11.3. The molecule has 2 aromatic rings. The van der Waals surface area contributed by atoms with E-state index in [2.05, 4.69) is 0 Å². The summed E-state index contributed by atoms with van der Waals surface area (Å²) in [5.74, 6) is -0.102. The molecule has 24 heavy (non-hydrogen) atoms. The van der Waals surface area contributed by atoms with Gasteiger partial charge in [0.15, 0.2) is 0 Å². The molecule has 126 valence electrons. The summed E-state index contributed by atoms with van der Waals surface area (Å²) in [7, 11) is 0. The Balaban J connectivity index is 2.03. The molecule has 0 unspecified atom stereocenters. The molecule has 1 saturated heterocycles. The number of hydrogen-bond acceptors (Lipinski definition) is 2. The normalized spacial score (nSPS) is 18.3. The maximum atomic E-state index is 12.9. The number of carbonyl (C=O) groups excluding carboxylic acids is 1. The molecule has 0 aromatic heterocycles. The predicted octanol–water partition coefficient (Wildman–Crippen LogP) is 5.79. The predicted molar refractivity (Wildman–Crippen MR) is 90.6 cm³/mol. The van der Waals surface area contributed by atoms with E-state index in [1.54, 1.807) is 18.2 Å². The van der Waals surface area contributed by atoms with Gasteiger partial charge in [0.2, 0.25) is 5.91 Å². The van der Waals surface area contributed by atoms with Crippen LogP contribution in [0, 0.1) is 0 Å². The molecule has 8 heteroatoms. The van der Waals surface area contributed by atoms with E-state index in [1.165, 1.54) is 28.8 Å². The van der Waals surface area contributed by atoms with Crippen molar-refractivity contribution in [3.63, 3.8) is 0 Å². The van der Waals surface area contributed by atoms with E-state index in [9.17, 15) is 18.0 Å². The Morgan fingerprint density at radius 1 is 1.12 bits per heavy atom. The van der Waals surface area contributed by atoms with Gasteiger partial charge in [-0.05, 0) is 30.3 Å². The summed E-state index contributed by atoms with van der Waals surface area (Å²) in [6, 6.07) is 9.58. The third kappa shape index (κ3) is 3.36. The minimum atomic E-state index is -4.47. The molecule has 1 aliphatic rings. The lowest BCUT2D eigenvalue weighted by atomic mass is 10.1. The topological polar surface area (TPSA) is 20.3 Å². The van der Waals surface area contributed by atoms with Crippen LogP contribution in [0.2, 0.25) is 10.0 Å². The Labute approximate surface area is 150 Å². The van der Waals surface area contributed by atoms with Crippen LogP contribution in [0.1, 0.15) is 16.5 Å². The highest BCUT2D eigenvalue weighted by molar-refractivity contribution is 8.00. The fourth-order valence-electron chi connectivity index (χ4n) is 2.47. The molecular weight excluding hydrogens is 382 g/mol. The monoisotopic (exact) mass is 391 g/mol. The van der Waals surface area contributed by atoms with Gasteiger partial charge in [-0.3, -0.25) is 9.69 Å². The van der Waals surface area contributed by atoms with Crippen molar-refractivity contribution in [2.24, 2.45) is 0 Å². The number of rotatable bonds is 2. The van der Waals surface area contributed by atoms with Crippen LogP contribution in [0.15, 0.2) is 42.5 Å². The summed E-state index contributed by atoms with van der Waals surface area (Å²) in [6.45, 7) is 0. The SMILES string of the molecule is O=C1CS[C@H](c2ccc(Cl)cc2Cl)N1c1cccc(C(F)(F)F)c1. The van der Waals surface area contributed by atoms with Crippen LogP contribution in [0.4, 0.5) is 18.9 Å². The third-order valence-electron chi connectivity index (χ3n) is 3.55. The van der Waals surface area contributed by atoms with Gasteiger partial charge in [0, 0.05) is 21.3 Å². The minimum absolute atomic E-state index is 0.167. The maximum Gasteiger partial charge on any atom is 0.416 e. The molecule has 2 aromatic carbocycles. The Morgan fingerprint density at radius 3 is 2.54 bits per heavy atom. The number of carbonyl (C=O) groups is 1. The summed E-state index contributed by atoms with van der Waals surface area (Å²) in [6.07, 6.45) is -4.47. The lowest BCUT2D eigenvalue weighted by molar-refractivity contribution is -0.137. The highest BCUT2D eigenvalue weighted by Gasteiger charge is 2.37. The molecule has 2 nitrogen and oxygen atoms in total. The zero-order valence-electron chi connectivity index (χ0n) is 12.0. The van der Waals surface area contributed by atoms with Crippen LogP contribution < -0.4 is 4.90 Å². The van der Waals surface area contributed by atoms with Crippen LogP contribution >= 0.6 is 35.0 Å². The molecule has 1 fully saturated rings. The van der Waals surface area contributed by atoms with Gasteiger partial charge < -0.3 is 0 Å². The molecule has 0 aliphatic carbocycles. The smallest absolute Gasteiger partial charge is 0.295 e. The first-order valence-electron chi connectivity index (χ1n) is 6.83. The summed E-state index contributed by atoms with van der Waals surface area (Å²) >= 11 is 13.4.